The zero-order valence-corrected chi connectivity index (χ0v) is 13.6. The van der Waals surface area contributed by atoms with Crippen molar-refractivity contribution in [3.8, 4) is 0 Å². The molecule has 1 saturated heterocycles. The Morgan fingerprint density at radius 1 is 1.19 bits per heavy atom. The first-order valence-electron chi connectivity index (χ1n) is 7.19. The number of halogens is 1. The summed E-state index contributed by atoms with van der Waals surface area (Å²) in [4.78, 5) is 2.61. The molecule has 1 aliphatic heterocycles. The predicted octanol–water partition coefficient (Wildman–Crippen LogP) is 1.70. The van der Waals surface area contributed by atoms with E-state index in [2.05, 4.69) is 4.90 Å². The maximum Gasteiger partial charge on any atom is 0.243 e. The number of hydrogen-bond donors (Lipinski definition) is 1. The highest BCUT2D eigenvalue weighted by Gasteiger charge is 2.35. The van der Waals surface area contributed by atoms with Gasteiger partial charge in [-0.05, 0) is 37.5 Å². The second-order valence-corrected chi connectivity index (χ2v) is 8.13. The minimum Gasteiger partial charge on any atom is -0.398 e. The van der Waals surface area contributed by atoms with Gasteiger partial charge in [-0.2, -0.15) is 4.31 Å². The molecule has 7 heteroatoms. The monoisotopic (exact) mass is 329 g/mol. The molecule has 116 valence electrons. The van der Waals surface area contributed by atoms with Crippen LogP contribution in [-0.2, 0) is 10.0 Å². The third-order valence-corrected chi connectivity index (χ3v) is 6.56. The van der Waals surface area contributed by atoms with Crippen LogP contribution in [0.5, 0.6) is 0 Å². The van der Waals surface area contributed by atoms with Crippen LogP contribution in [0.15, 0.2) is 17.0 Å². The van der Waals surface area contributed by atoms with Crippen molar-refractivity contribution in [1.82, 2.24) is 9.21 Å². The zero-order chi connectivity index (χ0) is 15.2. The summed E-state index contributed by atoms with van der Waals surface area (Å²) in [5, 5.41) is 0.355. The molecule has 2 aliphatic rings. The predicted molar refractivity (Wildman–Crippen MR) is 84.0 cm³/mol. The first-order chi connectivity index (χ1) is 9.89. The van der Waals surface area contributed by atoms with Crippen molar-refractivity contribution in [3.05, 3.63) is 22.7 Å². The Morgan fingerprint density at radius 3 is 2.38 bits per heavy atom. The van der Waals surface area contributed by atoms with Crippen LogP contribution in [0.25, 0.3) is 0 Å². The Bertz CT molecular complexity index is 650. The van der Waals surface area contributed by atoms with Crippen LogP contribution < -0.4 is 5.73 Å². The summed E-state index contributed by atoms with van der Waals surface area (Å²) >= 11 is 5.97. The van der Waals surface area contributed by atoms with Crippen molar-refractivity contribution in [2.45, 2.75) is 30.7 Å². The smallest absolute Gasteiger partial charge is 0.243 e. The van der Waals surface area contributed by atoms with E-state index in [0.717, 1.165) is 13.1 Å². The van der Waals surface area contributed by atoms with Crippen molar-refractivity contribution >= 4 is 27.3 Å². The van der Waals surface area contributed by atoms with E-state index in [0.29, 0.717) is 35.4 Å². The van der Waals surface area contributed by atoms with Crippen LogP contribution in [0.4, 0.5) is 5.69 Å². The number of sulfonamides is 1. The SMILES string of the molecule is Cc1c(N)cc(Cl)cc1S(=O)(=O)N1CCN(C2CC2)CC1. The Balaban J connectivity index is 1.84. The van der Waals surface area contributed by atoms with E-state index in [1.807, 2.05) is 0 Å². The molecule has 0 unspecified atom stereocenters. The topological polar surface area (TPSA) is 66.6 Å². The van der Waals surface area contributed by atoms with E-state index in [-0.39, 0.29) is 4.90 Å². The van der Waals surface area contributed by atoms with Gasteiger partial charge in [0.25, 0.3) is 0 Å². The lowest BCUT2D eigenvalue weighted by molar-refractivity contribution is 0.180. The van der Waals surface area contributed by atoms with Crippen molar-refractivity contribution in [2.75, 3.05) is 31.9 Å². The summed E-state index contributed by atoms with van der Waals surface area (Å²) in [6, 6.07) is 3.76. The van der Waals surface area contributed by atoms with Gasteiger partial charge in [0.15, 0.2) is 0 Å². The van der Waals surface area contributed by atoms with Gasteiger partial charge in [-0.1, -0.05) is 11.6 Å². The van der Waals surface area contributed by atoms with Gasteiger partial charge in [-0.25, -0.2) is 8.42 Å². The second-order valence-electron chi connectivity index (χ2n) is 5.79. The van der Waals surface area contributed by atoms with Gasteiger partial charge in [0, 0.05) is 42.9 Å². The van der Waals surface area contributed by atoms with E-state index in [9.17, 15) is 8.42 Å². The third kappa shape index (κ3) is 2.90. The van der Waals surface area contributed by atoms with Crippen LogP contribution in [0.1, 0.15) is 18.4 Å². The molecule has 2 N–H and O–H groups in total. The molecule has 0 aromatic heterocycles. The number of benzene rings is 1. The lowest BCUT2D eigenvalue weighted by atomic mass is 10.2. The zero-order valence-electron chi connectivity index (χ0n) is 12.0. The number of anilines is 1. The first-order valence-corrected chi connectivity index (χ1v) is 9.01. The summed E-state index contributed by atoms with van der Waals surface area (Å²) in [5.41, 5.74) is 6.83. The summed E-state index contributed by atoms with van der Waals surface area (Å²) in [7, 11) is -3.52. The largest absolute Gasteiger partial charge is 0.398 e. The van der Waals surface area contributed by atoms with Crippen LogP contribution in [0.3, 0.4) is 0 Å². The summed E-state index contributed by atoms with van der Waals surface area (Å²) in [5.74, 6) is 0. The van der Waals surface area contributed by atoms with Crippen molar-refractivity contribution in [2.24, 2.45) is 0 Å². The highest BCUT2D eigenvalue weighted by atomic mass is 35.5. The second kappa shape index (κ2) is 5.43. The van der Waals surface area contributed by atoms with Gasteiger partial charge < -0.3 is 5.73 Å². The molecule has 1 aromatic rings. The fourth-order valence-electron chi connectivity index (χ4n) is 2.83. The van der Waals surface area contributed by atoms with Crippen LogP contribution in [0.2, 0.25) is 5.02 Å². The van der Waals surface area contributed by atoms with E-state index in [1.54, 1.807) is 17.3 Å². The van der Waals surface area contributed by atoms with E-state index < -0.39 is 10.0 Å². The molecule has 3 rings (SSSR count). The van der Waals surface area contributed by atoms with E-state index >= 15 is 0 Å². The molecule has 0 bridgehead atoms. The molecule has 5 nitrogen and oxygen atoms in total. The van der Waals surface area contributed by atoms with Gasteiger partial charge >= 0.3 is 0 Å². The number of piperazine rings is 1. The molecule has 2 fully saturated rings. The molecule has 0 radical (unpaired) electrons. The highest BCUT2D eigenvalue weighted by Crippen LogP contribution is 2.31. The van der Waals surface area contributed by atoms with Gasteiger partial charge in [-0.3, -0.25) is 4.90 Å². The fraction of sp³-hybridized carbons (Fsp3) is 0.571. The lowest BCUT2D eigenvalue weighted by Gasteiger charge is -2.34. The normalized spacial score (nSPS) is 21.6. The minimum atomic E-state index is -3.52. The van der Waals surface area contributed by atoms with Gasteiger partial charge in [0.2, 0.25) is 10.0 Å². The van der Waals surface area contributed by atoms with Crippen LogP contribution in [0, 0.1) is 6.92 Å². The Hall–Kier alpha value is -0.820. The average Bonchev–Trinajstić information content (AvgIpc) is 3.27. The van der Waals surface area contributed by atoms with E-state index in [4.69, 9.17) is 17.3 Å². The standard InChI is InChI=1S/C14H20ClN3O2S/c1-10-13(16)8-11(15)9-14(10)21(19,20)18-6-4-17(5-7-18)12-2-3-12/h8-9,12H,2-7,16H2,1H3. The number of nitrogen functional groups attached to an aromatic ring is 1. The first kappa shape index (κ1) is 15.1. The van der Waals surface area contributed by atoms with Crippen molar-refractivity contribution in [3.63, 3.8) is 0 Å². The average molecular weight is 330 g/mol. The molecular formula is C14H20ClN3O2S. The Morgan fingerprint density at radius 2 is 1.81 bits per heavy atom. The van der Waals surface area contributed by atoms with Crippen LogP contribution >= 0.6 is 11.6 Å². The molecular weight excluding hydrogens is 310 g/mol. The summed E-state index contributed by atoms with van der Waals surface area (Å²) < 4.78 is 27.1. The molecule has 1 saturated carbocycles. The van der Waals surface area contributed by atoms with Crippen LogP contribution in [-0.4, -0.2) is 49.8 Å². The maximum absolute atomic E-state index is 12.8. The number of rotatable bonds is 3. The fourth-order valence-corrected chi connectivity index (χ4v) is 4.82. The molecule has 1 aromatic carbocycles. The van der Waals surface area contributed by atoms with E-state index in [1.165, 1.54) is 18.9 Å². The summed E-state index contributed by atoms with van der Waals surface area (Å²) in [6.45, 7) is 4.40. The quantitative estimate of drug-likeness (QED) is 0.857. The van der Waals surface area contributed by atoms with Crippen molar-refractivity contribution < 1.29 is 8.42 Å². The molecule has 21 heavy (non-hydrogen) atoms. The van der Waals surface area contributed by atoms with Crippen molar-refractivity contribution in [1.29, 1.82) is 0 Å². The Kier molecular flexibility index (Phi) is 3.90. The highest BCUT2D eigenvalue weighted by molar-refractivity contribution is 7.89. The number of hydrogen-bond acceptors (Lipinski definition) is 4. The number of nitrogens with zero attached hydrogens (tertiary/aromatic N) is 2. The molecule has 0 amide bonds. The molecule has 0 atom stereocenters. The molecule has 0 spiro atoms. The lowest BCUT2D eigenvalue weighted by Crippen LogP contribution is -2.49. The van der Waals surface area contributed by atoms with Gasteiger partial charge in [-0.15, -0.1) is 0 Å². The third-order valence-electron chi connectivity index (χ3n) is 4.32. The molecule has 1 heterocycles. The van der Waals surface area contributed by atoms with Gasteiger partial charge in [0.05, 0.1) is 4.90 Å². The molecule has 1 aliphatic carbocycles. The minimum absolute atomic E-state index is 0.229. The Labute approximate surface area is 130 Å². The number of nitrogens with two attached hydrogens (primary N) is 1. The van der Waals surface area contributed by atoms with Gasteiger partial charge in [0.1, 0.15) is 0 Å². The maximum atomic E-state index is 12.8. The summed E-state index contributed by atoms with van der Waals surface area (Å²) in [6.07, 6.45) is 2.49.